The van der Waals surface area contributed by atoms with Gasteiger partial charge >= 0.3 is 17.7 Å². The van der Waals surface area contributed by atoms with Crippen molar-refractivity contribution < 1.29 is 28.7 Å². The summed E-state index contributed by atoms with van der Waals surface area (Å²) < 4.78 is 19.8. The standard InChI is InChI=1S/C17H22FN3O6/c1-17(2,3)27-16(24)19-11-7-6-10(13(18)14(11)21(25)26)9-20-8-4-5-12(20)15(22)23/h6-7,12H,4-5,8-9H2,1-3H3,(H,19,24)(H,22,23)/t12-/m0/s1. The number of carboxylic acids is 1. The molecule has 1 atom stereocenters. The van der Waals surface area contributed by atoms with Crippen LogP contribution in [0.4, 0.5) is 20.6 Å². The molecule has 1 aliphatic heterocycles. The first-order chi connectivity index (χ1) is 12.5. The molecule has 0 bridgehead atoms. The Bertz CT molecular complexity index is 762. The summed E-state index contributed by atoms with van der Waals surface area (Å²) in [6.45, 7) is 5.26. The van der Waals surface area contributed by atoms with Gasteiger partial charge in [0.2, 0.25) is 5.82 Å². The minimum absolute atomic E-state index is 0.00964. The maximum atomic E-state index is 14.7. The summed E-state index contributed by atoms with van der Waals surface area (Å²) in [6.07, 6.45) is 0.152. The number of likely N-dealkylation sites (tertiary alicyclic amines) is 1. The Balaban J connectivity index is 2.27. The van der Waals surface area contributed by atoms with E-state index in [1.54, 1.807) is 25.7 Å². The zero-order valence-electron chi connectivity index (χ0n) is 15.3. The lowest BCUT2D eigenvalue weighted by Gasteiger charge is -2.22. The van der Waals surface area contributed by atoms with Crippen molar-refractivity contribution in [3.05, 3.63) is 33.6 Å². The monoisotopic (exact) mass is 383 g/mol. The van der Waals surface area contributed by atoms with Crippen molar-refractivity contribution in [2.75, 3.05) is 11.9 Å². The highest BCUT2D eigenvalue weighted by atomic mass is 19.1. The molecule has 2 rings (SSSR count). The Labute approximate surface area is 155 Å². The number of amides is 1. The molecule has 0 saturated carbocycles. The molecule has 0 aromatic heterocycles. The van der Waals surface area contributed by atoms with E-state index in [0.29, 0.717) is 19.4 Å². The van der Waals surface area contributed by atoms with E-state index in [-0.39, 0.29) is 17.8 Å². The third-order valence-electron chi connectivity index (χ3n) is 4.04. The van der Waals surface area contributed by atoms with Crippen LogP contribution in [0.3, 0.4) is 0 Å². The van der Waals surface area contributed by atoms with E-state index in [1.807, 2.05) is 0 Å². The van der Waals surface area contributed by atoms with Gasteiger partial charge in [0.25, 0.3) is 0 Å². The molecule has 1 aromatic rings. The number of nitrogens with one attached hydrogen (secondary N) is 1. The highest BCUT2D eigenvalue weighted by Crippen LogP contribution is 2.32. The summed E-state index contributed by atoms with van der Waals surface area (Å²) in [5.41, 5.74) is -2.04. The normalized spacial score (nSPS) is 17.6. The molecule has 0 aliphatic carbocycles. The van der Waals surface area contributed by atoms with Gasteiger partial charge in [0.15, 0.2) is 0 Å². The van der Waals surface area contributed by atoms with Gasteiger partial charge < -0.3 is 9.84 Å². The molecule has 27 heavy (non-hydrogen) atoms. The molecule has 1 fully saturated rings. The quantitative estimate of drug-likeness (QED) is 0.591. The van der Waals surface area contributed by atoms with Gasteiger partial charge in [-0.15, -0.1) is 0 Å². The number of hydrogen-bond donors (Lipinski definition) is 2. The van der Waals surface area contributed by atoms with Gasteiger partial charge in [-0.25, -0.2) is 4.79 Å². The lowest BCUT2D eigenvalue weighted by molar-refractivity contribution is -0.386. The molecule has 1 aliphatic rings. The van der Waals surface area contributed by atoms with Crippen LogP contribution in [0.5, 0.6) is 0 Å². The average Bonchev–Trinajstić information content (AvgIpc) is 2.96. The second-order valence-corrected chi connectivity index (χ2v) is 7.29. The first-order valence-corrected chi connectivity index (χ1v) is 8.42. The summed E-state index contributed by atoms with van der Waals surface area (Å²) >= 11 is 0. The minimum atomic E-state index is -1.11. The lowest BCUT2D eigenvalue weighted by atomic mass is 10.1. The summed E-state index contributed by atoms with van der Waals surface area (Å²) in [5.74, 6) is -2.12. The number of nitro groups is 1. The second-order valence-electron chi connectivity index (χ2n) is 7.29. The van der Waals surface area contributed by atoms with Crippen LogP contribution in [-0.2, 0) is 16.1 Å². The highest BCUT2D eigenvalue weighted by molar-refractivity contribution is 5.88. The van der Waals surface area contributed by atoms with Crippen LogP contribution in [0.25, 0.3) is 0 Å². The topological polar surface area (TPSA) is 122 Å². The van der Waals surface area contributed by atoms with E-state index in [4.69, 9.17) is 4.74 Å². The molecule has 1 heterocycles. The Morgan fingerprint density at radius 3 is 2.67 bits per heavy atom. The molecule has 0 spiro atoms. The van der Waals surface area contributed by atoms with Gasteiger partial charge in [-0.1, -0.05) is 6.07 Å². The number of carbonyl (C=O) groups is 2. The van der Waals surface area contributed by atoms with Crippen molar-refractivity contribution in [3.8, 4) is 0 Å². The third kappa shape index (κ3) is 5.13. The van der Waals surface area contributed by atoms with Gasteiger partial charge in [0.05, 0.1) is 4.92 Å². The zero-order valence-corrected chi connectivity index (χ0v) is 15.3. The van der Waals surface area contributed by atoms with Gasteiger partial charge in [-0.2, -0.15) is 4.39 Å². The number of nitro benzene ring substituents is 1. The molecule has 1 aromatic carbocycles. The second kappa shape index (κ2) is 7.87. The Hall–Kier alpha value is -2.75. The predicted octanol–water partition coefficient (Wildman–Crippen LogP) is 3.13. The van der Waals surface area contributed by atoms with Crippen molar-refractivity contribution in [1.82, 2.24) is 4.90 Å². The number of carbonyl (C=O) groups excluding carboxylic acids is 1. The number of hydrogen-bond acceptors (Lipinski definition) is 6. The molecule has 1 amide bonds. The van der Waals surface area contributed by atoms with E-state index in [1.165, 1.54) is 12.1 Å². The van der Waals surface area contributed by atoms with Gasteiger partial charge in [-0.05, 0) is 46.2 Å². The van der Waals surface area contributed by atoms with E-state index in [2.05, 4.69) is 5.32 Å². The van der Waals surface area contributed by atoms with Crippen molar-refractivity contribution in [2.45, 2.75) is 51.8 Å². The first kappa shape index (κ1) is 20.6. The van der Waals surface area contributed by atoms with Crippen LogP contribution >= 0.6 is 0 Å². The smallest absolute Gasteiger partial charge is 0.412 e. The fourth-order valence-corrected chi connectivity index (χ4v) is 2.94. The molecule has 10 heteroatoms. The Morgan fingerprint density at radius 1 is 1.44 bits per heavy atom. The number of rotatable bonds is 5. The number of nitrogens with zero attached hydrogens (tertiary/aromatic N) is 2. The fraction of sp³-hybridized carbons (Fsp3) is 0.529. The van der Waals surface area contributed by atoms with Crippen molar-refractivity contribution in [3.63, 3.8) is 0 Å². The summed E-state index contributed by atoms with van der Waals surface area (Å²) in [7, 11) is 0. The number of carboxylic acid groups (broad SMARTS) is 1. The van der Waals surface area contributed by atoms with Gasteiger partial charge in [0, 0.05) is 12.1 Å². The molecule has 0 unspecified atom stereocenters. The predicted molar refractivity (Wildman–Crippen MR) is 94.0 cm³/mol. The summed E-state index contributed by atoms with van der Waals surface area (Å²) in [5, 5.41) is 22.7. The number of benzene rings is 1. The molecule has 2 N–H and O–H groups in total. The molecule has 148 valence electrons. The Kier molecular flexibility index (Phi) is 5.99. The van der Waals surface area contributed by atoms with Crippen LogP contribution in [0, 0.1) is 15.9 Å². The highest BCUT2D eigenvalue weighted by Gasteiger charge is 2.33. The van der Waals surface area contributed by atoms with Crippen LogP contribution in [-0.4, -0.2) is 45.2 Å². The van der Waals surface area contributed by atoms with Gasteiger partial charge in [0.1, 0.15) is 17.3 Å². The molecule has 0 radical (unpaired) electrons. The summed E-state index contributed by atoms with van der Waals surface area (Å²) in [6, 6.07) is 1.77. The van der Waals surface area contributed by atoms with Crippen LogP contribution in [0.15, 0.2) is 12.1 Å². The SMILES string of the molecule is CC(C)(C)OC(=O)Nc1ccc(CN2CCC[C@H]2C(=O)O)c(F)c1[N+](=O)[O-]. The average molecular weight is 383 g/mol. The van der Waals surface area contributed by atoms with Crippen LogP contribution in [0.1, 0.15) is 39.2 Å². The van der Waals surface area contributed by atoms with Crippen molar-refractivity contribution in [1.29, 1.82) is 0 Å². The largest absolute Gasteiger partial charge is 0.480 e. The maximum Gasteiger partial charge on any atom is 0.412 e. The van der Waals surface area contributed by atoms with E-state index >= 15 is 0 Å². The van der Waals surface area contributed by atoms with E-state index in [0.717, 1.165) is 0 Å². The van der Waals surface area contributed by atoms with E-state index in [9.17, 15) is 29.2 Å². The molecular formula is C17H22FN3O6. The number of halogens is 1. The Morgan fingerprint density at radius 2 is 2.11 bits per heavy atom. The van der Waals surface area contributed by atoms with Gasteiger partial charge in [-0.3, -0.25) is 25.1 Å². The first-order valence-electron chi connectivity index (χ1n) is 8.42. The number of ether oxygens (including phenoxy) is 1. The molecule has 1 saturated heterocycles. The molecular weight excluding hydrogens is 361 g/mol. The molecule has 9 nitrogen and oxygen atoms in total. The third-order valence-corrected chi connectivity index (χ3v) is 4.04. The lowest BCUT2D eigenvalue weighted by Crippen LogP contribution is -2.35. The van der Waals surface area contributed by atoms with E-state index < -0.39 is 40.1 Å². The number of aliphatic carboxylic acids is 1. The van der Waals surface area contributed by atoms with Crippen LogP contribution < -0.4 is 5.32 Å². The van der Waals surface area contributed by atoms with Crippen molar-refractivity contribution >= 4 is 23.4 Å². The fourth-order valence-electron chi connectivity index (χ4n) is 2.94. The minimum Gasteiger partial charge on any atom is -0.480 e. The van der Waals surface area contributed by atoms with Crippen molar-refractivity contribution in [2.24, 2.45) is 0 Å². The maximum absolute atomic E-state index is 14.7. The summed E-state index contributed by atoms with van der Waals surface area (Å²) in [4.78, 5) is 35.1. The van der Waals surface area contributed by atoms with Crippen LogP contribution in [0.2, 0.25) is 0 Å². The number of anilines is 1. The zero-order chi connectivity index (χ0) is 20.4.